The molecule has 1 aliphatic heterocycles. The topological polar surface area (TPSA) is 85.6 Å². The summed E-state index contributed by atoms with van der Waals surface area (Å²) in [5, 5.41) is 4.25. The normalized spacial score (nSPS) is 21.7. The van der Waals surface area contributed by atoms with Crippen molar-refractivity contribution in [2.24, 2.45) is 11.7 Å². The van der Waals surface area contributed by atoms with Gasteiger partial charge in [0.1, 0.15) is 0 Å². The monoisotopic (exact) mass is 317 g/mol. The summed E-state index contributed by atoms with van der Waals surface area (Å²) in [6, 6.07) is 5.50. The molecular formula is C16H23N5O2. The summed E-state index contributed by atoms with van der Waals surface area (Å²) in [4.78, 5) is 26.6. The van der Waals surface area contributed by atoms with Gasteiger partial charge in [-0.15, -0.1) is 5.10 Å². The molecule has 0 radical (unpaired) electrons. The molecule has 23 heavy (non-hydrogen) atoms. The van der Waals surface area contributed by atoms with Crippen molar-refractivity contribution in [2.75, 3.05) is 13.1 Å². The summed E-state index contributed by atoms with van der Waals surface area (Å²) in [6.07, 6.45) is 3.92. The Morgan fingerprint density at radius 2 is 2.26 bits per heavy atom. The van der Waals surface area contributed by atoms with Crippen LogP contribution in [0, 0.1) is 5.92 Å². The molecule has 3 heterocycles. The van der Waals surface area contributed by atoms with E-state index >= 15 is 0 Å². The first kappa shape index (κ1) is 15.7. The van der Waals surface area contributed by atoms with E-state index in [1.165, 1.54) is 9.08 Å². The maximum absolute atomic E-state index is 12.5. The van der Waals surface area contributed by atoms with E-state index in [2.05, 4.69) is 12.0 Å². The van der Waals surface area contributed by atoms with Crippen molar-refractivity contribution in [3.63, 3.8) is 0 Å². The Morgan fingerprint density at radius 1 is 1.43 bits per heavy atom. The second-order valence-corrected chi connectivity index (χ2v) is 6.29. The molecule has 124 valence electrons. The van der Waals surface area contributed by atoms with Gasteiger partial charge in [0.15, 0.2) is 5.65 Å². The van der Waals surface area contributed by atoms with Crippen LogP contribution in [0.4, 0.5) is 0 Å². The van der Waals surface area contributed by atoms with Crippen LogP contribution in [0.3, 0.4) is 0 Å². The molecule has 0 saturated carbocycles. The zero-order chi connectivity index (χ0) is 16.4. The Kier molecular flexibility index (Phi) is 4.47. The minimum absolute atomic E-state index is 0.0521. The number of rotatable bonds is 4. The first-order valence-corrected chi connectivity index (χ1v) is 8.14. The van der Waals surface area contributed by atoms with Crippen LogP contribution in [0.15, 0.2) is 29.2 Å². The van der Waals surface area contributed by atoms with Crippen LogP contribution in [0.2, 0.25) is 0 Å². The van der Waals surface area contributed by atoms with E-state index in [9.17, 15) is 9.59 Å². The minimum atomic E-state index is -0.212. The number of piperidine rings is 1. The van der Waals surface area contributed by atoms with Crippen molar-refractivity contribution in [3.8, 4) is 0 Å². The first-order valence-electron chi connectivity index (χ1n) is 8.14. The van der Waals surface area contributed by atoms with Gasteiger partial charge in [0.2, 0.25) is 5.91 Å². The fraction of sp³-hybridized carbons (Fsp3) is 0.562. The van der Waals surface area contributed by atoms with Crippen molar-refractivity contribution in [2.45, 2.75) is 38.8 Å². The number of nitrogens with two attached hydrogens (primary N) is 1. The van der Waals surface area contributed by atoms with Crippen LogP contribution >= 0.6 is 0 Å². The van der Waals surface area contributed by atoms with Crippen LogP contribution in [0.25, 0.3) is 5.65 Å². The van der Waals surface area contributed by atoms with Gasteiger partial charge in [-0.3, -0.25) is 9.20 Å². The Bertz CT molecular complexity index is 750. The van der Waals surface area contributed by atoms with E-state index in [1.807, 2.05) is 11.0 Å². The number of aromatic nitrogens is 3. The van der Waals surface area contributed by atoms with E-state index in [1.54, 1.807) is 18.3 Å². The van der Waals surface area contributed by atoms with Crippen LogP contribution in [0.1, 0.15) is 26.2 Å². The van der Waals surface area contributed by atoms with E-state index < -0.39 is 0 Å². The van der Waals surface area contributed by atoms with Crippen LogP contribution in [0.5, 0.6) is 0 Å². The fourth-order valence-corrected chi connectivity index (χ4v) is 3.26. The van der Waals surface area contributed by atoms with Crippen molar-refractivity contribution < 1.29 is 4.79 Å². The molecule has 2 aromatic heterocycles. The number of hydrogen-bond acceptors (Lipinski definition) is 4. The van der Waals surface area contributed by atoms with Crippen LogP contribution in [-0.4, -0.2) is 44.1 Å². The molecule has 7 nitrogen and oxygen atoms in total. The number of aryl methyl sites for hydroxylation is 1. The Morgan fingerprint density at radius 3 is 3.00 bits per heavy atom. The van der Waals surface area contributed by atoms with Gasteiger partial charge in [-0.05, 0) is 30.9 Å². The highest BCUT2D eigenvalue weighted by Gasteiger charge is 2.28. The summed E-state index contributed by atoms with van der Waals surface area (Å²) in [5.74, 6) is 0.657. The third-order valence-electron chi connectivity index (χ3n) is 4.60. The lowest BCUT2D eigenvalue weighted by atomic mass is 9.92. The molecule has 0 bridgehead atoms. The average molecular weight is 317 g/mol. The van der Waals surface area contributed by atoms with Gasteiger partial charge in [-0.2, -0.15) is 0 Å². The third kappa shape index (κ3) is 3.14. The predicted molar refractivity (Wildman–Crippen MR) is 87.0 cm³/mol. The largest absolute Gasteiger partial charge is 0.350 e. The number of carbonyl (C=O) groups is 1. The average Bonchev–Trinajstić information content (AvgIpc) is 2.89. The highest BCUT2D eigenvalue weighted by molar-refractivity contribution is 5.76. The summed E-state index contributed by atoms with van der Waals surface area (Å²) >= 11 is 0. The smallest absolute Gasteiger partial charge is 0.338 e. The molecular weight excluding hydrogens is 294 g/mol. The lowest BCUT2D eigenvalue weighted by Crippen LogP contribution is -2.49. The zero-order valence-electron chi connectivity index (χ0n) is 13.4. The SMILES string of the molecule is CC1CCN(C(=O)CCn2nc3ccccn3c2=O)C(CN)C1. The quantitative estimate of drug-likeness (QED) is 0.888. The van der Waals surface area contributed by atoms with Gasteiger partial charge in [0.25, 0.3) is 0 Å². The molecule has 1 fully saturated rings. The number of amides is 1. The predicted octanol–water partition coefficient (Wildman–Crippen LogP) is 0.472. The lowest BCUT2D eigenvalue weighted by molar-refractivity contribution is -0.135. The van der Waals surface area contributed by atoms with E-state index in [0.717, 1.165) is 19.4 Å². The molecule has 0 aromatic carbocycles. The van der Waals surface area contributed by atoms with Crippen LogP contribution in [-0.2, 0) is 11.3 Å². The third-order valence-corrected chi connectivity index (χ3v) is 4.60. The van der Waals surface area contributed by atoms with Gasteiger partial charge in [0, 0.05) is 31.7 Å². The second-order valence-electron chi connectivity index (χ2n) is 6.29. The van der Waals surface area contributed by atoms with Crippen molar-refractivity contribution in [3.05, 3.63) is 34.9 Å². The molecule has 1 saturated heterocycles. The Hall–Kier alpha value is -2.15. The molecule has 7 heteroatoms. The summed E-state index contributed by atoms with van der Waals surface area (Å²) < 4.78 is 2.84. The second kappa shape index (κ2) is 6.54. The Balaban J connectivity index is 1.68. The number of fused-ring (bicyclic) bond motifs is 1. The summed E-state index contributed by atoms with van der Waals surface area (Å²) in [6.45, 7) is 3.73. The lowest BCUT2D eigenvalue weighted by Gasteiger charge is -2.38. The van der Waals surface area contributed by atoms with Gasteiger partial charge < -0.3 is 10.6 Å². The van der Waals surface area contributed by atoms with E-state index in [0.29, 0.717) is 24.7 Å². The molecule has 3 rings (SSSR count). The van der Waals surface area contributed by atoms with Gasteiger partial charge in [-0.1, -0.05) is 13.0 Å². The highest BCUT2D eigenvalue weighted by atomic mass is 16.2. The minimum Gasteiger partial charge on any atom is -0.338 e. The zero-order valence-corrected chi connectivity index (χ0v) is 13.4. The van der Waals surface area contributed by atoms with E-state index in [-0.39, 0.29) is 24.1 Å². The van der Waals surface area contributed by atoms with Crippen molar-refractivity contribution in [1.29, 1.82) is 0 Å². The van der Waals surface area contributed by atoms with Crippen molar-refractivity contribution in [1.82, 2.24) is 19.1 Å². The highest BCUT2D eigenvalue weighted by Crippen LogP contribution is 2.22. The molecule has 2 aromatic rings. The van der Waals surface area contributed by atoms with Gasteiger partial charge in [-0.25, -0.2) is 9.48 Å². The molecule has 0 aliphatic carbocycles. The van der Waals surface area contributed by atoms with Crippen LogP contribution < -0.4 is 11.4 Å². The number of pyridine rings is 1. The summed E-state index contributed by atoms with van der Waals surface area (Å²) in [7, 11) is 0. The number of carbonyl (C=O) groups excluding carboxylic acids is 1. The Labute approximate surface area is 134 Å². The molecule has 2 N–H and O–H groups in total. The number of nitrogens with zero attached hydrogens (tertiary/aromatic N) is 4. The van der Waals surface area contributed by atoms with Gasteiger partial charge in [0.05, 0.1) is 6.54 Å². The molecule has 1 aliphatic rings. The standard InChI is InChI=1S/C16H23N5O2/c1-12-5-8-19(13(10-12)11-17)15(22)6-9-21-16(23)20-7-3-2-4-14(20)18-21/h2-4,7,12-13H,5-6,8-11,17H2,1H3. The van der Waals surface area contributed by atoms with Crippen molar-refractivity contribution >= 4 is 11.6 Å². The fourth-order valence-electron chi connectivity index (χ4n) is 3.26. The van der Waals surface area contributed by atoms with Gasteiger partial charge >= 0.3 is 5.69 Å². The maximum Gasteiger partial charge on any atom is 0.350 e. The number of hydrogen-bond donors (Lipinski definition) is 1. The molecule has 2 unspecified atom stereocenters. The molecule has 0 spiro atoms. The summed E-state index contributed by atoms with van der Waals surface area (Å²) in [5.41, 5.74) is 6.19. The van der Waals surface area contributed by atoms with E-state index in [4.69, 9.17) is 5.73 Å². The maximum atomic E-state index is 12.5. The first-order chi connectivity index (χ1) is 11.1. The number of likely N-dealkylation sites (tertiary alicyclic amines) is 1. The molecule has 2 atom stereocenters. The molecule has 1 amide bonds.